The van der Waals surface area contributed by atoms with Gasteiger partial charge in [-0.2, -0.15) is 5.10 Å². The molecular weight excluding hydrogens is 258 g/mol. The molecule has 0 radical (unpaired) electrons. The zero-order chi connectivity index (χ0) is 13.3. The monoisotopic (exact) mass is 271 g/mol. The number of hydrogen-bond acceptors (Lipinski definition) is 4. The molecule has 0 amide bonds. The normalized spacial score (nSPS) is 10.3. The first-order valence-corrected chi connectivity index (χ1v) is 6.12. The van der Waals surface area contributed by atoms with Crippen molar-refractivity contribution in [3.05, 3.63) is 60.2 Å². The predicted molar refractivity (Wildman–Crippen MR) is 78.6 cm³/mol. The second-order valence-corrected chi connectivity index (χ2v) is 4.08. The fraction of sp³-hybridized carbons (Fsp3) is 0.0769. The van der Waals surface area contributed by atoms with Crippen LogP contribution in [-0.4, -0.2) is 21.3 Å². The minimum Gasteiger partial charge on any atom is -0.357 e. The topological polar surface area (TPSA) is 62.2 Å². The largest absolute Gasteiger partial charge is 0.357 e. The SMILES string of the molecule is S=C(NCc1cccnc1)N/N=C/c1ccccn1. The molecule has 0 aliphatic carbocycles. The van der Waals surface area contributed by atoms with Crippen LogP contribution in [0, 0.1) is 0 Å². The van der Waals surface area contributed by atoms with Gasteiger partial charge in [-0.25, -0.2) is 0 Å². The second-order valence-electron chi connectivity index (χ2n) is 3.67. The molecule has 0 aliphatic rings. The number of hydrazone groups is 1. The number of nitrogens with zero attached hydrogens (tertiary/aromatic N) is 3. The summed E-state index contributed by atoms with van der Waals surface area (Å²) in [6.45, 7) is 0.610. The van der Waals surface area contributed by atoms with Gasteiger partial charge in [0.25, 0.3) is 0 Å². The summed E-state index contributed by atoms with van der Waals surface area (Å²) >= 11 is 5.09. The van der Waals surface area contributed by atoms with Gasteiger partial charge in [-0.05, 0) is 36.0 Å². The Balaban J connectivity index is 1.75. The highest BCUT2D eigenvalue weighted by Crippen LogP contribution is 1.93. The number of pyridine rings is 2. The van der Waals surface area contributed by atoms with E-state index in [-0.39, 0.29) is 0 Å². The van der Waals surface area contributed by atoms with Crippen molar-refractivity contribution in [2.75, 3.05) is 0 Å². The molecule has 2 rings (SSSR count). The van der Waals surface area contributed by atoms with Crippen molar-refractivity contribution in [2.45, 2.75) is 6.54 Å². The molecule has 0 fully saturated rings. The molecule has 0 atom stereocenters. The minimum atomic E-state index is 0.455. The zero-order valence-corrected chi connectivity index (χ0v) is 11.0. The summed E-state index contributed by atoms with van der Waals surface area (Å²) < 4.78 is 0. The van der Waals surface area contributed by atoms with Crippen LogP contribution < -0.4 is 10.7 Å². The molecule has 0 unspecified atom stereocenters. The number of nitrogens with one attached hydrogen (secondary N) is 2. The maximum absolute atomic E-state index is 5.09. The molecule has 0 spiro atoms. The molecule has 2 aromatic heterocycles. The fourth-order valence-electron chi connectivity index (χ4n) is 1.33. The van der Waals surface area contributed by atoms with Crippen LogP contribution in [0.25, 0.3) is 0 Å². The summed E-state index contributed by atoms with van der Waals surface area (Å²) in [6.07, 6.45) is 6.84. The van der Waals surface area contributed by atoms with E-state index in [1.54, 1.807) is 24.8 Å². The molecule has 96 valence electrons. The molecule has 2 N–H and O–H groups in total. The molecule has 19 heavy (non-hydrogen) atoms. The molecule has 0 saturated carbocycles. The van der Waals surface area contributed by atoms with Crippen LogP contribution in [0.5, 0.6) is 0 Å². The van der Waals surface area contributed by atoms with E-state index in [1.165, 1.54) is 0 Å². The van der Waals surface area contributed by atoms with E-state index in [2.05, 4.69) is 25.8 Å². The average molecular weight is 271 g/mol. The summed E-state index contributed by atoms with van der Waals surface area (Å²) in [7, 11) is 0. The molecule has 2 aromatic rings. The van der Waals surface area contributed by atoms with Crippen molar-refractivity contribution in [1.82, 2.24) is 20.7 Å². The Bertz CT molecular complexity index is 541. The Morgan fingerprint density at radius 2 is 2.21 bits per heavy atom. The first-order chi connectivity index (χ1) is 9.34. The summed E-state index contributed by atoms with van der Waals surface area (Å²) in [4.78, 5) is 8.13. The zero-order valence-electron chi connectivity index (χ0n) is 10.2. The second kappa shape index (κ2) is 7.17. The molecule has 2 heterocycles. The Kier molecular flexibility index (Phi) is 4.95. The van der Waals surface area contributed by atoms with Gasteiger partial charge in [0, 0.05) is 25.1 Å². The Morgan fingerprint density at radius 3 is 2.95 bits per heavy atom. The lowest BCUT2D eigenvalue weighted by Crippen LogP contribution is -2.31. The smallest absolute Gasteiger partial charge is 0.187 e. The molecule has 0 saturated heterocycles. The van der Waals surface area contributed by atoms with Crippen molar-refractivity contribution < 1.29 is 0 Å². The van der Waals surface area contributed by atoms with Crippen molar-refractivity contribution >= 4 is 23.5 Å². The molecule has 0 aromatic carbocycles. The van der Waals surface area contributed by atoms with E-state index in [4.69, 9.17) is 12.2 Å². The lowest BCUT2D eigenvalue weighted by Gasteiger charge is -2.06. The van der Waals surface area contributed by atoms with Crippen molar-refractivity contribution in [2.24, 2.45) is 5.10 Å². The van der Waals surface area contributed by atoms with E-state index < -0.39 is 0 Å². The van der Waals surface area contributed by atoms with Crippen LogP contribution >= 0.6 is 12.2 Å². The third kappa shape index (κ3) is 4.81. The van der Waals surface area contributed by atoms with Crippen LogP contribution in [0.15, 0.2) is 54.0 Å². The molecular formula is C13H13N5S. The first-order valence-electron chi connectivity index (χ1n) is 5.71. The highest BCUT2D eigenvalue weighted by Gasteiger charge is 1.94. The summed E-state index contributed by atoms with van der Waals surface area (Å²) in [5.41, 5.74) is 4.56. The van der Waals surface area contributed by atoms with Gasteiger partial charge in [0.1, 0.15) is 0 Å². The molecule has 0 bridgehead atoms. The molecule has 0 aliphatic heterocycles. The maximum Gasteiger partial charge on any atom is 0.187 e. The van der Waals surface area contributed by atoms with Gasteiger partial charge in [0.15, 0.2) is 5.11 Å². The Labute approximate surface area is 116 Å². The standard InChI is InChI=1S/C13H13N5S/c19-13(16-9-11-4-3-6-14-8-11)18-17-10-12-5-1-2-7-15-12/h1-8,10H,9H2,(H2,16,18,19)/b17-10+. The van der Waals surface area contributed by atoms with Gasteiger partial charge in [0.2, 0.25) is 0 Å². The van der Waals surface area contributed by atoms with E-state index in [1.807, 2.05) is 30.3 Å². The van der Waals surface area contributed by atoms with Crippen LogP contribution in [0.4, 0.5) is 0 Å². The third-order valence-corrected chi connectivity index (χ3v) is 2.46. The summed E-state index contributed by atoms with van der Waals surface area (Å²) in [5, 5.41) is 7.48. The van der Waals surface area contributed by atoms with Crippen molar-refractivity contribution in [1.29, 1.82) is 0 Å². The van der Waals surface area contributed by atoms with Gasteiger partial charge in [0.05, 0.1) is 11.9 Å². The molecule has 6 heteroatoms. The van der Waals surface area contributed by atoms with Crippen molar-refractivity contribution in [3.8, 4) is 0 Å². The molecule has 5 nitrogen and oxygen atoms in total. The van der Waals surface area contributed by atoms with Gasteiger partial charge in [-0.1, -0.05) is 12.1 Å². The van der Waals surface area contributed by atoms with Gasteiger partial charge in [-0.3, -0.25) is 15.4 Å². The van der Waals surface area contributed by atoms with Crippen molar-refractivity contribution in [3.63, 3.8) is 0 Å². The minimum absolute atomic E-state index is 0.455. The maximum atomic E-state index is 5.09. The van der Waals surface area contributed by atoms with E-state index in [9.17, 15) is 0 Å². The predicted octanol–water partition coefficient (Wildman–Crippen LogP) is 1.47. The summed E-state index contributed by atoms with van der Waals surface area (Å²) in [6, 6.07) is 9.46. The third-order valence-electron chi connectivity index (χ3n) is 2.23. The van der Waals surface area contributed by atoms with E-state index >= 15 is 0 Å². The highest BCUT2D eigenvalue weighted by molar-refractivity contribution is 7.80. The van der Waals surface area contributed by atoms with E-state index in [0.29, 0.717) is 11.7 Å². The van der Waals surface area contributed by atoms with Crippen LogP contribution in [0.1, 0.15) is 11.3 Å². The van der Waals surface area contributed by atoms with Crippen LogP contribution in [0.2, 0.25) is 0 Å². The quantitative estimate of drug-likeness (QED) is 0.501. The number of hydrogen-bond donors (Lipinski definition) is 2. The highest BCUT2D eigenvalue weighted by atomic mass is 32.1. The van der Waals surface area contributed by atoms with E-state index in [0.717, 1.165) is 11.3 Å². The number of aromatic nitrogens is 2. The fourth-order valence-corrected chi connectivity index (χ4v) is 1.46. The lowest BCUT2D eigenvalue weighted by atomic mass is 10.3. The van der Waals surface area contributed by atoms with Gasteiger partial charge >= 0.3 is 0 Å². The average Bonchev–Trinajstić information content (AvgIpc) is 2.47. The Morgan fingerprint density at radius 1 is 1.26 bits per heavy atom. The first kappa shape index (κ1) is 13.1. The van der Waals surface area contributed by atoms with Gasteiger partial charge < -0.3 is 5.32 Å². The lowest BCUT2D eigenvalue weighted by molar-refractivity contribution is 0.863. The number of rotatable bonds is 4. The summed E-state index contributed by atoms with van der Waals surface area (Å²) in [5.74, 6) is 0. The Hall–Kier alpha value is -2.34. The number of thiocarbonyl (C=S) groups is 1. The van der Waals surface area contributed by atoms with Crippen LogP contribution in [0.3, 0.4) is 0 Å². The van der Waals surface area contributed by atoms with Gasteiger partial charge in [-0.15, -0.1) is 0 Å². The van der Waals surface area contributed by atoms with Crippen LogP contribution in [-0.2, 0) is 6.54 Å².